The Morgan fingerprint density at radius 2 is 1.49 bits per heavy atom. The van der Waals surface area contributed by atoms with Crippen LogP contribution in [0, 0.1) is 5.92 Å². The van der Waals surface area contributed by atoms with Crippen LogP contribution in [0.4, 0.5) is 11.4 Å². The molecule has 3 heterocycles. The van der Waals surface area contributed by atoms with Crippen molar-refractivity contribution in [2.45, 2.75) is 64.2 Å². The van der Waals surface area contributed by atoms with E-state index in [4.69, 9.17) is 0 Å². The first-order valence-electron chi connectivity index (χ1n) is 15.3. The van der Waals surface area contributed by atoms with Crippen molar-refractivity contribution < 1.29 is 0 Å². The average Bonchev–Trinajstić information content (AvgIpc) is 3.70. The standard InChI is InChI=1S/C39H36N2/c1-38(2)30-14-8-13-27-29-21-26(40-34-17-6-5-10-24(34)19-18-23-11-7-12-25-20-28(23)25)22-33-36(29)41(35(27)30)37-31(38)15-9-16-32(37)39(33,3)4/h5-11,13-17,21-22,25,40H,12,18-20H2,1-4H3. The van der Waals surface area contributed by atoms with Crippen molar-refractivity contribution in [1.29, 1.82) is 0 Å². The Balaban J connectivity index is 1.22. The van der Waals surface area contributed by atoms with Crippen LogP contribution < -0.4 is 5.32 Å². The summed E-state index contributed by atoms with van der Waals surface area (Å²) >= 11 is 0. The Morgan fingerprint density at radius 1 is 0.756 bits per heavy atom. The van der Waals surface area contributed by atoms with Crippen molar-refractivity contribution in [3.05, 3.63) is 124 Å². The second-order valence-electron chi connectivity index (χ2n) is 13.8. The second kappa shape index (κ2) is 7.82. The molecular formula is C39H36N2. The van der Waals surface area contributed by atoms with Crippen molar-refractivity contribution in [2.24, 2.45) is 5.92 Å². The molecule has 2 aliphatic heterocycles. The zero-order valence-electron chi connectivity index (χ0n) is 24.4. The molecule has 2 heteroatoms. The molecule has 0 amide bonds. The first-order chi connectivity index (χ1) is 19.8. The van der Waals surface area contributed by atoms with Crippen molar-refractivity contribution >= 4 is 33.2 Å². The van der Waals surface area contributed by atoms with Crippen LogP contribution in [-0.2, 0) is 17.3 Å². The predicted molar refractivity (Wildman–Crippen MR) is 172 cm³/mol. The van der Waals surface area contributed by atoms with Crippen molar-refractivity contribution in [3.8, 4) is 5.69 Å². The first kappa shape index (κ1) is 23.6. The van der Waals surface area contributed by atoms with Crippen LogP contribution in [0.3, 0.4) is 0 Å². The zero-order valence-corrected chi connectivity index (χ0v) is 24.4. The highest BCUT2D eigenvalue weighted by Crippen LogP contribution is 2.55. The summed E-state index contributed by atoms with van der Waals surface area (Å²) in [5.41, 5.74) is 16.8. The largest absolute Gasteiger partial charge is 0.355 e. The van der Waals surface area contributed by atoms with Gasteiger partial charge in [-0.1, -0.05) is 100 Å². The van der Waals surface area contributed by atoms with E-state index in [2.05, 4.69) is 123 Å². The zero-order chi connectivity index (χ0) is 27.7. The van der Waals surface area contributed by atoms with Gasteiger partial charge in [0.2, 0.25) is 0 Å². The monoisotopic (exact) mass is 532 g/mol. The Kier molecular flexibility index (Phi) is 4.51. The smallest absolute Gasteiger partial charge is 0.0583 e. The number of hydrogen-bond donors (Lipinski definition) is 1. The van der Waals surface area contributed by atoms with Gasteiger partial charge in [0, 0.05) is 33.0 Å². The number of nitrogens with one attached hydrogen (secondary N) is 1. The number of para-hydroxylation sites is 3. The molecular weight excluding hydrogens is 496 g/mol. The number of benzene rings is 4. The van der Waals surface area contributed by atoms with Gasteiger partial charge in [0.25, 0.3) is 0 Å². The number of hydrogen-bond acceptors (Lipinski definition) is 1. The molecule has 1 unspecified atom stereocenters. The summed E-state index contributed by atoms with van der Waals surface area (Å²) in [4.78, 5) is 0. The molecule has 1 aromatic heterocycles. The highest BCUT2D eigenvalue weighted by atomic mass is 15.0. The van der Waals surface area contributed by atoms with Crippen LogP contribution in [0.1, 0.15) is 74.8 Å². The summed E-state index contributed by atoms with van der Waals surface area (Å²) < 4.78 is 2.60. The summed E-state index contributed by atoms with van der Waals surface area (Å²) in [5, 5.41) is 6.62. The molecule has 2 nitrogen and oxygen atoms in total. The summed E-state index contributed by atoms with van der Waals surface area (Å²) in [6.07, 6.45) is 9.52. The minimum Gasteiger partial charge on any atom is -0.355 e. The molecule has 1 saturated carbocycles. The van der Waals surface area contributed by atoms with E-state index in [0.29, 0.717) is 0 Å². The maximum Gasteiger partial charge on any atom is 0.0583 e. The highest BCUT2D eigenvalue weighted by Gasteiger charge is 2.43. The maximum absolute atomic E-state index is 3.91. The molecule has 1 N–H and O–H groups in total. The van der Waals surface area contributed by atoms with E-state index in [9.17, 15) is 0 Å². The molecule has 4 aromatic carbocycles. The summed E-state index contributed by atoms with van der Waals surface area (Å²) in [7, 11) is 0. The van der Waals surface area contributed by atoms with E-state index >= 15 is 0 Å². The van der Waals surface area contributed by atoms with Crippen molar-refractivity contribution in [3.63, 3.8) is 0 Å². The van der Waals surface area contributed by atoms with E-state index < -0.39 is 0 Å². The van der Waals surface area contributed by atoms with Crippen LogP contribution in [0.25, 0.3) is 27.5 Å². The fourth-order valence-corrected chi connectivity index (χ4v) is 8.39. The predicted octanol–water partition coefficient (Wildman–Crippen LogP) is 10.0. The SMILES string of the molecule is CC1(C)c2cccc3c2-n2c4c1cccc4c1cc(Nc4ccccc4CCC4=C5CC5CC=C4)cc(c12)C3(C)C. The van der Waals surface area contributed by atoms with Gasteiger partial charge in [0.1, 0.15) is 0 Å². The topological polar surface area (TPSA) is 17.0 Å². The van der Waals surface area contributed by atoms with Gasteiger partial charge in [0.15, 0.2) is 0 Å². The number of nitrogens with zero attached hydrogens (tertiary/aromatic N) is 1. The van der Waals surface area contributed by atoms with Crippen molar-refractivity contribution in [1.82, 2.24) is 4.57 Å². The van der Waals surface area contributed by atoms with Crippen LogP contribution in [0.5, 0.6) is 0 Å². The Bertz CT molecular complexity index is 2030. The van der Waals surface area contributed by atoms with Crippen molar-refractivity contribution in [2.75, 3.05) is 5.32 Å². The van der Waals surface area contributed by atoms with Crippen LogP contribution in [0.2, 0.25) is 0 Å². The van der Waals surface area contributed by atoms with Crippen LogP contribution >= 0.6 is 0 Å². The molecule has 202 valence electrons. The van der Waals surface area contributed by atoms with E-state index in [-0.39, 0.29) is 10.8 Å². The van der Waals surface area contributed by atoms with Gasteiger partial charge >= 0.3 is 0 Å². The summed E-state index contributed by atoms with van der Waals surface area (Å²) in [5.74, 6) is 0.848. The lowest BCUT2D eigenvalue weighted by molar-refractivity contribution is 0.594. The van der Waals surface area contributed by atoms with Crippen LogP contribution in [0.15, 0.2) is 96.1 Å². The molecule has 1 atom stereocenters. The van der Waals surface area contributed by atoms with Gasteiger partial charge in [-0.3, -0.25) is 0 Å². The van der Waals surface area contributed by atoms with Gasteiger partial charge in [-0.15, -0.1) is 0 Å². The number of fused-ring (bicyclic) bond motifs is 2. The molecule has 1 fully saturated rings. The van der Waals surface area contributed by atoms with Gasteiger partial charge in [0.05, 0.1) is 16.7 Å². The fourth-order valence-electron chi connectivity index (χ4n) is 8.39. The lowest BCUT2D eigenvalue weighted by Gasteiger charge is -2.42. The normalized spacial score (nSPS) is 20.1. The lowest BCUT2D eigenvalue weighted by Crippen LogP contribution is -2.33. The van der Waals surface area contributed by atoms with Gasteiger partial charge in [-0.2, -0.15) is 0 Å². The number of anilines is 2. The Hall–Kier alpha value is -4.04. The van der Waals surface area contributed by atoms with Gasteiger partial charge in [-0.25, -0.2) is 0 Å². The van der Waals surface area contributed by atoms with Crippen LogP contribution in [-0.4, -0.2) is 4.57 Å². The summed E-state index contributed by atoms with van der Waals surface area (Å²) in [6.45, 7) is 9.62. The minimum atomic E-state index is -0.110. The number of rotatable bonds is 5. The second-order valence-corrected chi connectivity index (χ2v) is 13.8. The van der Waals surface area contributed by atoms with Gasteiger partial charge < -0.3 is 9.88 Å². The van der Waals surface area contributed by atoms with Gasteiger partial charge in [-0.05, 0) is 83.2 Å². The molecule has 0 spiro atoms. The molecule has 0 bridgehead atoms. The quantitative estimate of drug-likeness (QED) is 0.238. The average molecular weight is 533 g/mol. The third-order valence-electron chi connectivity index (χ3n) is 10.7. The van der Waals surface area contributed by atoms with E-state index in [0.717, 1.165) is 18.8 Å². The third kappa shape index (κ3) is 3.08. The summed E-state index contributed by atoms with van der Waals surface area (Å²) in [6, 6.07) is 27.7. The molecule has 4 aliphatic rings. The third-order valence-corrected chi connectivity index (χ3v) is 10.7. The number of aryl methyl sites for hydroxylation is 1. The maximum atomic E-state index is 3.91. The Labute approximate surface area is 242 Å². The minimum absolute atomic E-state index is 0.0485. The highest BCUT2D eigenvalue weighted by molar-refractivity contribution is 6.15. The fraction of sp³-hybridized carbons (Fsp3) is 0.282. The molecule has 0 saturated heterocycles. The molecule has 41 heavy (non-hydrogen) atoms. The lowest BCUT2D eigenvalue weighted by atomic mass is 9.69. The Morgan fingerprint density at radius 3 is 2.34 bits per heavy atom. The molecule has 9 rings (SSSR count). The van der Waals surface area contributed by atoms with E-state index in [1.54, 1.807) is 11.1 Å². The molecule has 2 aliphatic carbocycles. The van der Waals surface area contributed by atoms with E-state index in [1.807, 2.05) is 0 Å². The molecule has 5 aromatic rings. The number of allylic oxidation sites excluding steroid dienone is 4. The number of aromatic nitrogens is 1. The molecule has 0 radical (unpaired) electrons. The van der Waals surface area contributed by atoms with E-state index in [1.165, 1.54) is 79.5 Å². The first-order valence-corrected chi connectivity index (χ1v) is 15.3.